The third-order valence-corrected chi connectivity index (χ3v) is 5.01. The van der Waals surface area contributed by atoms with Crippen molar-refractivity contribution in [2.75, 3.05) is 7.11 Å². The number of hydrogen-bond donors (Lipinski definition) is 2. The summed E-state index contributed by atoms with van der Waals surface area (Å²) in [5.41, 5.74) is 2.19. The van der Waals surface area contributed by atoms with Gasteiger partial charge in [-0.1, -0.05) is 30.3 Å². The highest BCUT2D eigenvalue weighted by Gasteiger charge is 2.25. The number of nitrogens with zero attached hydrogens (tertiary/aromatic N) is 3. The predicted octanol–water partition coefficient (Wildman–Crippen LogP) is 3.00. The Morgan fingerprint density at radius 3 is 2.52 bits per heavy atom. The van der Waals surface area contributed by atoms with Gasteiger partial charge in [-0.2, -0.15) is 5.10 Å². The number of rotatable bonds is 6. The van der Waals surface area contributed by atoms with Crippen LogP contribution < -0.4 is 14.8 Å². The number of nitrogens with one attached hydrogen (secondary N) is 2. The lowest BCUT2D eigenvalue weighted by atomic mass is 9.93. The van der Waals surface area contributed by atoms with Crippen molar-refractivity contribution in [3.05, 3.63) is 54.5 Å². The van der Waals surface area contributed by atoms with Gasteiger partial charge >= 0.3 is 0 Å². The van der Waals surface area contributed by atoms with Crippen molar-refractivity contribution in [1.29, 1.82) is 0 Å². The summed E-state index contributed by atoms with van der Waals surface area (Å²) in [6, 6.07) is 11.7. The number of H-pyrrole nitrogens is 1. The standard InChI is InChI=1S/C21H23N5O3/c1-28-20-21(23-12-11-22-20)29-16-9-7-15(8-10-16)24-19(27)18-13-17(25-26-18)14-5-3-2-4-6-14/h2-6,11-13,15-16H,7-10H2,1H3,(H,24,27)(H,25,26). The molecule has 0 radical (unpaired) electrons. The van der Waals surface area contributed by atoms with Crippen molar-refractivity contribution in [2.24, 2.45) is 0 Å². The minimum atomic E-state index is -0.139. The summed E-state index contributed by atoms with van der Waals surface area (Å²) >= 11 is 0. The number of hydrogen-bond acceptors (Lipinski definition) is 6. The minimum Gasteiger partial charge on any atom is -0.477 e. The molecule has 150 valence electrons. The SMILES string of the molecule is COc1nccnc1OC1CCC(NC(=O)c2cc(-c3ccccc3)n[nH]2)CC1. The van der Waals surface area contributed by atoms with Crippen LogP contribution in [0.4, 0.5) is 0 Å². The monoisotopic (exact) mass is 393 g/mol. The molecule has 3 aromatic rings. The van der Waals surface area contributed by atoms with Crippen LogP contribution in [-0.2, 0) is 0 Å². The predicted molar refractivity (Wildman–Crippen MR) is 107 cm³/mol. The van der Waals surface area contributed by atoms with Crippen molar-refractivity contribution in [1.82, 2.24) is 25.5 Å². The zero-order chi connectivity index (χ0) is 20.1. The average molecular weight is 393 g/mol. The maximum absolute atomic E-state index is 12.6. The lowest BCUT2D eigenvalue weighted by Crippen LogP contribution is -2.39. The van der Waals surface area contributed by atoms with Crippen molar-refractivity contribution >= 4 is 5.91 Å². The maximum Gasteiger partial charge on any atom is 0.278 e. The Morgan fingerprint density at radius 2 is 1.79 bits per heavy atom. The topological polar surface area (TPSA) is 102 Å². The molecule has 1 saturated carbocycles. The summed E-state index contributed by atoms with van der Waals surface area (Å²) in [4.78, 5) is 20.9. The van der Waals surface area contributed by atoms with E-state index >= 15 is 0 Å². The van der Waals surface area contributed by atoms with E-state index in [1.165, 1.54) is 0 Å². The highest BCUT2D eigenvalue weighted by molar-refractivity contribution is 5.93. The number of aromatic amines is 1. The molecule has 0 aliphatic heterocycles. The molecule has 8 nitrogen and oxygen atoms in total. The quantitative estimate of drug-likeness (QED) is 0.667. The molecule has 2 N–H and O–H groups in total. The van der Waals surface area contributed by atoms with Crippen LogP contribution in [0, 0.1) is 0 Å². The van der Waals surface area contributed by atoms with E-state index in [1.54, 1.807) is 25.6 Å². The van der Waals surface area contributed by atoms with Crippen molar-refractivity contribution in [2.45, 2.75) is 37.8 Å². The van der Waals surface area contributed by atoms with E-state index in [9.17, 15) is 4.79 Å². The highest BCUT2D eigenvalue weighted by Crippen LogP contribution is 2.27. The Kier molecular flexibility index (Phi) is 5.69. The van der Waals surface area contributed by atoms with Crippen molar-refractivity contribution < 1.29 is 14.3 Å². The molecular weight excluding hydrogens is 370 g/mol. The summed E-state index contributed by atoms with van der Waals surface area (Å²) in [5, 5.41) is 10.2. The molecule has 0 bridgehead atoms. The Morgan fingerprint density at radius 1 is 1.07 bits per heavy atom. The van der Waals surface area contributed by atoms with E-state index in [0.29, 0.717) is 17.5 Å². The van der Waals surface area contributed by atoms with E-state index in [-0.39, 0.29) is 18.1 Å². The number of ether oxygens (including phenoxy) is 2. The molecule has 1 aromatic carbocycles. The van der Waals surface area contributed by atoms with Gasteiger partial charge < -0.3 is 14.8 Å². The fourth-order valence-corrected chi connectivity index (χ4v) is 3.47. The first-order valence-corrected chi connectivity index (χ1v) is 9.66. The summed E-state index contributed by atoms with van der Waals surface area (Å²) in [7, 11) is 1.54. The zero-order valence-electron chi connectivity index (χ0n) is 16.2. The van der Waals surface area contributed by atoms with Gasteiger partial charge in [0.05, 0.1) is 12.8 Å². The van der Waals surface area contributed by atoms with E-state index in [0.717, 1.165) is 36.9 Å². The van der Waals surface area contributed by atoms with Crippen LogP contribution in [0.2, 0.25) is 0 Å². The zero-order valence-corrected chi connectivity index (χ0v) is 16.2. The van der Waals surface area contributed by atoms with Crippen LogP contribution in [0.25, 0.3) is 11.3 Å². The number of carbonyl (C=O) groups excluding carboxylic acids is 1. The van der Waals surface area contributed by atoms with Gasteiger partial charge in [-0.25, -0.2) is 9.97 Å². The van der Waals surface area contributed by atoms with Gasteiger partial charge in [0.25, 0.3) is 17.7 Å². The average Bonchev–Trinajstić information content (AvgIpc) is 3.27. The first-order valence-electron chi connectivity index (χ1n) is 9.66. The molecule has 1 amide bonds. The smallest absolute Gasteiger partial charge is 0.278 e. The van der Waals surface area contributed by atoms with E-state index in [2.05, 4.69) is 25.5 Å². The molecule has 4 rings (SSSR count). The minimum absolute atomic E-state index is 0.0330. The van der Waals surface area contributed by atoms with Gasteiger partial charge in [-0.15, -0.1) is 0 Å². The van der Waals surface area contributed by atoms with Crippen LogP contribution in [0.15, 0.2) is 48.8 Å². The molecule has 0 unspecified atom stereocenters. The molecule has 2 aromatic heterocycles. The van der Waals surface area contributed by atoms with Crippen LogP contribution in [-0.4, -0.2) is 45.3 Å². The third kappa shape index (κ3) is 4.53. The summed E-state index contributed by atoms with van der Waals surface area (Å²) in [6.45, 7) is 0. The normalized spacial score (nSPS) is 18.8. The Balaban J connectivity index is 1.29. The van der Waals surface area contributed by atoms with Gasteiger partial charge in [0, 0.05) is 24.0 Å². The molecule has 0 atom stereocenters. The van der Waals surface area contributed by atoms with Crippen LogP contribution in [0.3, 0.4) is 0 Å². The van der Waals surface area contributed by atoms with Crippen LogP contribution >= 0.6 is 0 Å². The summed E-state index contributed by atoms with van der Waals surface area (Å²) in [5.74, 6) is 0.657. The van der Waals surface area contributed by atoms with Crippen LogP contribution in [0.1, 0.15) is 36.2 Å². The van der Waals surface area contributed by atoms with Crippen molar-refractivity contribution in [3.63, 3.8) is 0 Å². The first kappa shape index (κ1) is 18.9. The van der Waals surface area contributed by atoms with Crippen LogP contribution in [0.5, 0.6) is 11.8 Å². The second-order valence-electron chi connectivity index (χ2n) is 6.97. The molecule has 2 heterocycles. The molecule has 29 heavy (non-hydrogen) atoms. The van der Waals surface area contributed by atoms with E-state index < -0.39 is 0 Å². The summed E-state index contributed by atoms with van der Waals surface area (Å²) < 4.78 is 11.1. The lowest BCUT2D eigenvalue weighted by molar-refractivity contribution is 0.0881. The first-order chi connectivity index (χ1) is 14.2. The second-order valence-corrected chi connectivity index (χ2v) is 6.97. The van der Waals surface area contributed by atoms with Gasteiger partial charge in [0.15, 0.2) is 0 Å². The van der Waals surface area contributed by atoms with Gasteiger partial charge in [0.2, 0.25) is 0 Å². The van der Waals surface area contributed by atoms with Crippen molar-refractivity contribution in [3.8, 4) is 23.0 Å². The van der Waals surface area contributed by atoms with Gasteiger partial charge in [-0.05, 0) is 31.7 Å². The largest absolute Gasteiger partial charge is 0.477 e. The number of amides is 1. The molecule has 1 fully saturated rings. The molecule has 0 spiro atoms. The Labute approximate surface area is 168 Å². The molecule has 1 aliphatic carbocycles. The number of methoxy groups -OCH3 is 1. The third-order valence-electron chi connectivity index (χ3n) is 5.01. The Bertz CT molecular complexity index is 952. The number of benzene rings is 1. The van der Waals surface area contributed by atoms with E-state index in [1.807, 2.05) is 30.3 Å². The number of aromatic nitrogens is 4. The number of carbonyl (C=O) groups is 1. The Hall–Kier alpha value is -3.42. The molecular formula is C21H23N5O3. The molecule has 0 saturated heterocycles. The van der Waals surface area contributed by atoms with Gasteiger partial charge in [-0.3, -0.25) is 9.89 Å². The fourth-order valence-electron chi connectivity index (χ4n) is 3.47. The molecule has 8 heteroatoms. The lowest BCUT2D eigenvalue weighted by Gasteiger charge is -2.29. The maximum atomic E-state index is 12.6. The second kappa shape index (κ2) is 8.72. The van der Waals surface area contributed by atoms with Gasteiger partial charge in [0.1, 0.15) is 11.8 Å². The highest BCUT2D eigenvalue weighted by atomic mass is 16.5. The fraction of sp³-hybridized carbons (Fsp3) is 0.333. The summed E-state index contributed by atoms with van der Waals surface area (Å²) in [6.07, 6.45) is 6.49. The van der Waals surface area contributed by atoms with E-state index in [4.69, 9.17) is 9.47 Å². The molecule has 1 aliphatic rings.